The molecule has 0 saturated heterocycles. The summed E-state index contributed by atoms with van der Waals surface area (Å²) in [5.74, 6) is -0.466. The second-order valence-electron chi connectivity index (χ2n) is 6.71. The van der Waals surface area contributed by atoms with E-state index in [0.717, 1.165) is 24.8 Å². The highest BCUT2D eigenvalue weighted by atomic mass is 16.2. The van der Waals surface area contributed by atoms with Gasteiger partial charge in [-0.15, -0.1) is 0 Å². The SMILES string of the molecule is O=C(NCc1ccccc1)c1ccnc(C(=O)NCCC2=CCCCC2)c1. The lowest BCUT2D eigenvalue weighted by molar-refractivity contribution is 0.0949. The molecule has 0 aliphatic heterocycles. The van der Waals surface area contributed by atoms with Gasteiger partial charge in [-0.3, -0.25) is 14.6 Å². The number of hydrogen-bond donors (Lipinski definition) is 2. The minimum atomic E-state index is -0.246. The third-order valence-corrected chi connectivity index (χ3v) is 4.67. The summed E-state index contributed by atoms with van der Waals surface area (Å²) in [5.41, 5.74) is 3.14. The lowest BCUT2D eigenvalue weighted by atomic mass is 9.97. The maximum atomic E-state index is 12.3. The van der Waals surface area contributed by atoms with E-state index < -0.39 is 0 Å². The van der Waals surface area contributed by atoms with E-state index in [2.05, 4.69) is 21.7 Å². The largest absolute Gasteiger partial charge is 0.350 e. The number of nitrogens with one attached hydrogen (secondary N) is 2. The highest BCUT2D eigenvalue weighted by Gasteiger charge is 2.12. The Morgan fingerprint density at radius 2 is 1.85 bits per heavy atom. The number of nitrogens with zero attached hydrogens (tertiary/aromatic N) is 1. The van der Waals surface area contributed by atoms with Crippen LogP contribution in [0.2, 0.25) is 0 Å². The van der Waals surface area contributed by atoms with Crippen molar-refractivity contribution in [1.82, 2.24) is 15.6 Å². The van der Waals surface area contributed by atoms with Gasteiger partial charge in [-0.05, 0) is 49.8 Å². The Balaban J connectivity index is 1.51. The Hall–Kier alpha value is -2.95. The van der Waals surface area contributed by atoms with Crippen molar-refractivity contribution in [2.45, 2.75) is 38.6 Å². The van der Waals surface area contributed by atoms with Crippen LogP contribution < -0.4 is 10.6 Å². The first-order valence-corrected chi connectivity index (χ1v) is 9.46. The summed E-state index contributed by atoms with van der Waals surface area (Å²) in [6.07, 6.45) is 9.43. The maximum Gasteiger partial charge on any atom is 0.269 e. The fraction of sp³-hybridized carbons (Fsp3) is 0.318. The molecule has 5 nitrogen and oxygen atoms in total. The smallest absolute Gasteiger partial charge is 0.269 e. The van der Waals surface area contributed by atoms with E-state index in [4.69, 9.17) is 0 Å². The highest BCUT2D eigenvalue weighted by molar-refractivity contribution is 5.98. The van der Waals surface area contributed by atoms with Gasteiger partial charge >= 0.3 is 0 Å². The van der Waals surface area contributed by atoms with E-state index >= 15 is 0 Å². The van der Waals surface area contributed by atoms with Gasteiger partial charge in [-0.2, -0.15) is 0 Å². The molecule has 0 saturated carbocycles. The van der Waals surface area contributed by atoms with Crippen molar-refractivity contribution in [2.24, 2.45) is 0 Å². The first kappa shape index (κ1) is 18.8. The van der Waals surface area contributed by atoms with Crippen molar-refractivity contribution in [1.29, 1.82) is 0 Å². The van der Waals surface area contributed by atoms with E-state index in [1.54, 1.807) is 6.07 Å². The van der Waals surface area contributed by atoms with E-state index in [9.17, 15) is 9.59 Å². The molecule has 27 heavy (non-hydrogen) atoms. The van der Waals surface area contributed by atoms with Gasteiger partial charge in [0, 0.05) is 24.8 Å². The zero-order valence-electron chi connectivity index (χ0n) is 15.4. The number of allylic oxidation sites excluding steroid dienone is 1. The zero-order chi connectivity index (χ0) is 18.9. The molecule has 0 fully saturated rings. The maximum absolute atomic E-state index is 12.3. The third kappa shape index (κ3) is 5.78. The fourth-order valence-electron chi connectivity index (χ4n) is 3.14. The molecule has 1 aliphatic rings. The van der Waals surface area contributed by atoms with Crippen LogP contribution in [0.15, 0.2) is 60.3 Å². The molecule has 1 aromatic carbocycles. The van der Waals surface area contributed by atoms with Crippen LogP contribution in [0, 0.1) is 0 Å². The number of aromatic nitrogens is 1. The van der Waals surface area contributed by atoms with Gasteiger partial charge in [0.1, 0.15) is 5.69 Å². The van der Waals surface area contributed by atoms with Crippen LogP contribution in [0.25, 0.3) is 0 Å². The Morgan fingerprint density at radius 3 is 2.63 bits per heavy atom. The molecule has 0 radical (unpaired) electrons. The second-order valence-corrected chi connectivity index (χ2v) is 6.71. The molecular formula is C22H25N3O2. The predicted octanol–water partition coefficient (Wildman–Crippen LogP) is 3.63. The molecule has 0 atom stereocenters. The topological polar surface area (TPSA) is 71.1 Å². The summed E-state index contributed by atoms with van der Waals surface area (Å²) >= 11 is 0. The first-order chi connectivity index (χ1) is 13.2. The van der Waals surface area contributed by atoms with Crippen molar-refractivity contribution >= 4 is 11.8 Å². The van der Waals surface area contributed by atoms with E-state index in [0.29, 0.717) is 18.7 Å². The first-order valence-electron chi connectivity index (χ1n) is 9.46. The Morgan fingerprint density at radius 1 is 1.00 bits per heavy atom. The van der Waals surface area contributed by atoms with Crippen molar-refractivity contribution < 1.29 is 9.59 Å². The summed E-state index contributed by atoms with van der Waals surface area (Å²) in [4.78, 5) is 28.7. The normalized spacial score (nSPS) is 13.6. The van der Waals surface area contributed by atoms with Crippen molar-refractivity contribution in [3.05, 3.63) is 77.1 Å². The quantitative estimate of drug-likeness (QED) is 0.738. The lowest BCUT2D eigenvalue weighted by Gasteiger charge is -2.13. The number of carbonyl (C=O) groups is 2. The molecule has 0 bridgehead atoms. The summed E-state index contributed by atoms with van der Waals surface area (Å²) in [6.45, 7) is 1.04. The van der Waals surface area contributed by atoms with Crippen LogP contribution in [-0.2, 0) is 6.54 Å². The van der Waals surface area contributed by atoms with Crippen molar-refractivity contribution in [2.75, 3.05) is 6.54 Å². The van der Waals surface area contributed by atoms with Gasteiger partial charge in [0.15, 0.2) is 0 Å². The molecule has 1 aliphatic carbocycles. The Labute approximate surface area is 159 Å². The molecule has 5 heteroatoms. The molecular weight excluding hydrogens is 338 g/mol. The van der Waals surface area contributed by atoms with Gasteiger partial charge in [-0.25, -0.2) is 0 Å². The zero-order valence-corrected chi connectivity index (χ0v) is 15.4. The van der Waals surface area contributed by atoms with Gasteiger partial charge in [-0.1, -0.05) is 42.0 Å². The number of hydrogen-bond acceptors (Lipinski definition) is 3. The minimum absolute atomic E-state index is 0.220. The number of benzene rings is 1. The van der Waals surface area contributed by atoms with Crippen LogP contribution in [0.3, 0.4) is 0 Å². The van der Waals surface area contributed by atoms with Gasteiger partial charge < -0.3 is 10.6 Å². The van der Waals surface area contributed by atoms with Crippen LogP contribution in [0.1, 0.15) is 58.5 Å². The third-order valence-electron chi connectivity index (χ3n) is 4.67. The van der Waals surface area contributed by atoms with Crippen LogP contribution in [0.5, 0.6) is 0 Å². The van der Waals surface area contributed by atoms with Crippen LogP contribution in [0.4, 0.5) is 0 Å². The number of rotatable bonds is 7. The van der Waals surface area contributed by atoms with Crippen LogP contribution in [-0.4, -0.2) is 23.3 Å². The highest BCUT2D eigenvalue weighted by Crippen LogP contribution is 2.19. The monoisotopic (exact) mass is 363 g/mol. The summed E-state index contributed by atoms with van der Waals surface area (Å²) in [5, 5.41) is 5.76. The fourth-order valence-corrected chi connectivity index (χ4v) is 3.14. The average molecular weight is 363 g/mol. The Bertz CT molecular complexity index is 815. The van der Waals surface area contributed by atoms with Gasteiger partial charge in [0.25, 0.3) is 11.8 Å². The number of carbonyl (C=O) groups excluding carboxylic acids is 2. The molecule has 2 aromatic rings. The summed E-state index contributed by atoms with van der Waals surface area (Å²) < 4.78 is 0. The molecule has 2 amide bonds. The molecule has 1 aromatic heterocycles. The summed E-state index contributed by atoms with van der Waals surface area (Å²) in [6, 6.07) is 12.9. The number of pyridine rings is 1. The number of amides is 2. The van der Waals surface area contributed by atoms with Gasteiger partial charge in [0.2, 0.25) is 0 Å². The van der Waals surface area contributed by atoms with Crippen molar-refractivity contribution in [3.63, 3.8) is 0 Å². The van der Waals surface area contributed by atoms with E-state index in [1.165, 1.54) is 30.7 Å². The minimum Gasteiger partial charge on any atom is -0.350 e. The molecule has 2 N–H and O–H groups in total. The molecule has 140 valence electrons. The molecule has 0 unspecified atom stereocenters. The average Bonchev–Trinajstić information content (AvgIpc) is 2.73. The molecule has 0 spiro atoms. The predicted molar refractivity (Wildman–Crippen MR) is 105 cm³/mol. The molecule has 3 rings (SSSR count). The molecule has 1 heterocycles. The van der Waals surface area contributed by atoms with E-state index in [-0.39, 0.29) is 17.5 Å². The second kappa shape index (κ2) is 9.67. The van der Waals surface area contributed by atoms with Crippen molar-refractivity contribution in [3.8, 4) is 0 Å². The van der Waals surface area contributed by atoms with Gasteiger partial charge in [0.05, 0.1) is 0 Å². The lowest BCUT2D eigenvalue weighted by Crippen LogP contribution is -2.27. The standard InChI is InChI=1S/C22H25N3O2/c26-21(25-16-18-9-5-2-6-10-18)19-12-14-23-20(15-19)22(27)24-13-11-17-7-3-1-4-8-17/h2,5-7,9-10,12,14-15H,1,3-4,8,11,13,16H2,(H,24,27)(H,25,26). The summed E-state index contributed by atoms with van der Waals surface area (Å²) in [7, 11) is 0. The van der Waals surface area contributed by atoms with Crippen LogP contribution >= 0.6 is 0 Å². The Kier molecular flexibility index (Phi) is 6.74. The van der Waals surface area contributed by atoms with E-state index in [1.807, 2.05) is 30.3 Å².